The van der Waals surface area contributed by atoms with Crippen molar-refractivity contribution in [3.05, 3.63) is 65.7 Å². The number of halogens is 1. The molecule has 0 radical (unpaired) electrons. The van der Waals surface area contributed by atoms with Crippen LogP contribution in [0.2, 0.25) is 0 Å². The molecule has 5 nitrogen and oxygen atoms in total. The average molecular weight is 930 g/mol. The van der Waals surface area contributed by atoms with E-state index in [1.165, 1.54) is 185 Å². The first kappa shape index (κ1) is 53.2. The van der Waals surface area contributed by atoms with E-state index in [4.69, 9.17) is 14.2 Å². The molecule has 0 saturated heterocycles. The molecular weight excluding hydrogens is 841 g/mol. The van der Waals surface area contributed by atoms with Crippen molar-refractivity contribution in [2.75, 3.05) is 55.5 Å². The summed E-state index contributed by atoms with van der Waals surface area (Å²) in [5.74, 6) is 0.728. The topological polar surface area (TPSA) is 48.0 Å². The lowest BCUT2D eigenvalue weighted by molar-refractivity contribution is 0.0417. The maximum Gasteiger partial charge on any atom is 0.185 e. The van der Waals surface area contributed by atoms with E-state index in [1.807, 2.05) is 30.3 Å². The van der Waals surface area contributed by atoms with Crippen molar-refractivity contribution in [3.8, 4) is 5.75 Å². The van der Waals surface area contributed by atoms with Crippen molar-refractivity contribution in [2.45, 2.75) is 194 Å². The Balaban J connectivity index is 1.74. The summed E-state index contributed by atoms with van der Waals surface area (Å²) in [5, 5.41) is 0. The Morgan fingerprint density at radius 2 is 0.881 bits per heavy atom. The molecule has 336 valence electrons. The summed E-state index contributed by atoms with van der Waals surface area (Å²) in [4.78, 5) is 15.6. The van der Waals surface area contributed by atoms with E-state index in [0.717, 1.165) is 35.4 Å². The van der Waals surface area contributed by atoms with Crippen LogP contribution in [-0.2, 0) is 9.47 Å². The van der Waals surface area contributed by atoms with Crippen molar-refractivity contribution >= 4 is 40.1 Å². The fourth-order valence-corrected chi connectivity index (χ4v) is 8.05. The van der Waals surface area contributed by atoms with Crippen LogP contribution in [0.4, 0.5) is 5.69 Å². The smallest absolute Gasteiger partial charge is 0.185 e. The third-order valence-electron chi connectivity index (χ3n) is 11.5. The highest BCUT2D eigenvalue weighted by Crippen LogP contribution is 2.21. The first-order chi connectivity index (χ1) is 29.2. The van der Waals surface area contributed by atoms with E-state index >= 15 is 0 Å². The molecule has 0 N–H and O–H groups in total. The number of rotatable bonds is 43. The third kappa shape index (κ3) is 30.7. The van der Waals surface area contributed by atoms with Gasteiger partial charge in [-0.05, 0) is 60.9 Å². The Hall–Kier alpha value is -1.90. The summed E-state index contributed by atoms with van der Waals surface area (Å²) in [6.07, 6.45) is 42.6. The second kappa shape index (κ2) is 40.2. The van der Waals surface area contributed by atoms with Crippen LogP contribution in [0.1, 0.15) is 210 Å². The second-order valence-electron chi connectivity index (χ2n) is 16.8. The van der Waals surface area contributed by atoms with Crippen LogP contribution in [0.25, 0.3) is 6.08 Å². The van der Waals surface area contributed by atoms with Crippen LogP contribution in [0, 0.1) is 0 Å². The van der Waals surface area contributed by atoms with Gasteiger partial charge in [0, 0.05) is 28.8 Å². The van der Waals surface area contributed by atoms with Gasteiger partial charge in [0.1, 0.15) is 12.4 Å². The summed E-state index contributed by atoms with van der Waals surface area (Å²) < 4.78 is 17.7. The van der Waals surface area contributed by atoms with Crippen molar-refractivity contribution < 1.29 is 19.0 Å². The van der Waals surface area contributed by atoms with Crippen molar-refractivity contribution in [3.63, 3.8) is 0 Å². The Labute approximate surface area is 377 Å². The monoisotopic (exact) mass is 930 g/mol. The molecule has 0 aliphatic rings. The third-order valence-corrected chi connectivity index (χ3v) is 11.9. The van der Waals surface area contributed by atoms with E-state index in [1.54, 1.807) is 6.08 Å². The van der Waals surface area contributed by atoms with Gasteiger partial charge in [-0.25, -0.2) is 0 Å². The van der Waals surface area contributed by atoms with Crippen LogP contribution in [0.5, 0.6) is 5.75 Å². The molecule has 59 heavy (non-hydrogen) atoms. The van der Waals surface area contributed by atoms with Gasteiger partial charge in [-0.1, -0.05) is 222 Å². The minimum atomic E-state index is -0.00676. The number of carbonyl (C=O) groups is 1. The minimum Gasteiger partial charge on any atom is -0.491 e. The lowest BCUT2D eigenvalue weighted by Crippen LogP contribution is -2.25. The molecule has 2 aromatic rings. The number of ether oxygens (including phenoxy) is 3. The standard InChI is InChI=1S/C53H88INO4/c1-3-5-7-9-11-13-15-17-19-21-23-25-27-29-42-55(43-30-28-26-24-22-20-18-16-14-12-10-8-6-4-2)51-36-31-49(32-37-51)33-40-53(56)50-34-38-52(39-35-50)59-48-47-58-46-45-57-44-41-54/h31-40H,3-30,41-48H2,1-2H3/b40-33+. The Kier molecular flexibility index (Phi) is 36.3. The van der Waals surface area contributed by atoms with E-state index < -0.39 is 0 Å². The van der Waals surface area contributed by atoms with E-state index in [2.05, 4.69) is 65.6 Å². The zero-order chi connectivity index (χ0) is 42.1. The van der Waals surface area contributed by atoms with Gasteiger partial charge in [-0.2, -0.15) is 0 Å². The second-order valence-corrected chi connectivity index (χ2v) is 17.8. The summed E-state index contributed by atoms with van der Waals surface area (Å²) in [6.45, 7) is 9.76. The van der Waals surface area contributed by atoms with Gasteiger partial charge in [-0.3, -0.25) is 4.79 Å². The SMILES string of the molecule is CCCCCCCCCCCCCCCCN(CCCCCCCCCCCCCCCC)c1ccc(/C=C/C(=O)c2ccc(OCCOCCOCCI)cc2)cc1. The van der Waals surface area contributed by atoms with Gasteiger partial charge >= 0.3 is 0 Å². The molecule has 0 aliphatic heterocycles. The highest BCUT2D eigenvalue weighted by molar-refractivity contribution is 14.1. The number of hydrogen-bond donors (Lipinski definition) is 0. The summed E-state index contributed by atoms with van der Waals surface area (Å²) in [6, 6.07) is 16.2. The van der Waals surface area contributed by atoms with E-state index in [-0.39, 0.29) is 5.78 Å². The number of nitrogens with zero attached hydrogens (tertiary/aromatic N) is 1. The summed E-state index contributed by atoms with van der Waals surface area (Å²) in [7, 11) is 0. The molecule has 6 heteroatoms. The Morgan fingerprint density at radius 1 is 0.492 bits per heavy atom. The molecule has 0 spiro atoms. The quantitative estimate of drug-likeness (QED) is 0.0218. The van der Waals surface area contributed by atoms with Gasteiger partial charge in [0.2, 0.25) is 0 Å². The number of hydrogen-bond acceptors (Lipinski definition) is 5. The molecular formula is C53H88INO4. The number of alkyl halides is 1. The predicted octanol–water partition coefficient (Wildman–Crippen LogP) is 16.2. The van der Waals surface area contributed by atoms with Crippen molar-refractivity contribution in [2.24, 2.45) is 0 Å². The zero-order valence-electron chi connectivity index (χ0n) is 38.2. The first-order valence-electron chi connectivity index (χ1n) is 24.7. The fourth-order valence-electron chi connectivity index (χ4n) is 7.74. The van der Waals surface area contributed by atoms with Gasteiger partial charge in [0.15, 0.2) is 5.78 Å². The van der Waals surface area contributed by atoms with Gasteiger partial charge in [-0.15, -0.1) is 0 Å². The molecule has 0 amide bonds. The molecule has 0 heterocycles. The van der Waals surface area contributed by atoms with Crippen LogP contribution in [0.15, 0.2) is 54.6 Å². The number of anilines is 1. The van der Waals surface area contributed by atoms with Crippen LogP contribution in [0.3, 0.4) is 0 Å². The Morgan fingerprint density at radius 3 is 1.31 bits per heavy atom. The Bertz CT molecular complexity index is 1200. The van der Waals surface area contributed by atoms with Crippen LogP contribution >= 0.6 is 22.6 Å². The number of benzene rings is 2. The lowest BCUT2D eigenvalue weighted by Gasteiger charge is -2.25. The molecule has 2 aromatic carbocycles. The highest BCUT2D eigenvalue weighted by Gasteiger charge is 2.08. The predicted molar refractivity (Wildman–Crippen MR) is 265 cm³/mol. The first-order valence-corrected chi connectivity index (χ1v) is 26.2. The molecule has 0 unspecified atom stereocenters. The minimum absolute atomic E-state index is 0.00676. The van der Waals surface area contributed by atoms with Crippen molar-refractivity contribution in [1.82, 2.24) is 0 Å². The molecule has 0 atom stereocenters. The highest BCUT2D eigenvalue weighted by atomic mass is 127. The average Bonchev–Trinajstić information content (AvgIpc) is 3.26. The van der Waals surface area contributed by atoms with E-state index in [9.17, 15) is 4.79 Å². The molecule has 0 fully saturated rings. The zero-order valence-corrected chi connectivity index (χ0v) is 40.3. The molecule has 0 saturated carbocycles. The van der Waals surface area contributed by atoms with Crippen LogP contribution in [-0.4, -0.2) is 56.3 Å². The number of ketones is 1. The van der Waals surface area contributed by atoms with Gasteiger partial charge in [0.05, 0.1) is 26.4 Å². The molecule has 0 bridgehead atoms. The number of unbranched alkanes of at least 4 members (excludes halogenated alkanes) is 26. The number of carbonyl (C=O) groups excluding carboxylic acids is 1. The van der Waals surface area contributed by atoms with E-state index in [0.29, 0.717) is 32.0 Å². The fraction of sp³-hybridized carbons (Fsp3) is 0.717. The largest absolute Gasteiger partial charge is 0.491 e. The maximum atomic E-state index is 13.0. The lowest BCUT2D eigenvalue weighted by atomic mass is 10.0. The van der Waals surface area contributed by atoms with Gasteiger partial charge in [0.25, 0.3) is 0 Å². The molecule has 0 aromatic heterocycles. The van der Waals surface area contributed by atoms with Gasteiger partial charge < -0.3 is 19.1 Å². The maximum absolute atomic E-state index is 13.0. The van der Waals surface area contributed by atoms with Crippen molar-refractivity contribution in [1.29, 1.82) is 0 Å². The summed E-state index contributed by atoms with van der Waals surface area (Å²) in [5.41, 5.74) is 3.01. The molecule has 2 rings (SSSR count). The summed E-state index contributed by atoms with van der Waals surface area (Å²) >= 11 is 2.29. The van der Waals surface area contributed by atoms with Crippen LogP contribution < -0.4 is 9.64 Å². The molecule has 0 aliphatic carbocycles. The normalized spacial score (nSPS) is 11.5. The number of allylic oxidation sites excluding steroid dienone is 1.